The van der Waals surface area contributed by atoms with Gasteiger partial charge in [0, 0.05) is 20.0 Å². The van der Waals surface area contributed by atoms with Crippen molar-refractivity contribution in [2.45, 2.75) is 32.4 Å². The van der Waals surface area contributed by atoms with Crippen molar-refractivity contribution in [3.8, 4) is 11.5 Å². The van der Waals surface area contributed by atoms with Gasteiger partial charge >= 0.3 is 0 Å². The minimum absolute atomic E-state index is 0.0445. The Kier molecular flexibility index (Phi) is 4.18. The first-order valence-corrected chi connectivity index (χ1v) is 7.58. The molecule has 0 bridgehead atoms. The lowest BCUT2D eigenvalue weighted by Gasteiger charge is -2.22. The van der Waals surface area contributed by atoms with Crippen LogP contribution < -0.4 is 14.8 Å². The summed E-state index contributed by atoms with van der Waals surface area (Å²) in [6.45, 7) is 3.69. The largest absolute Gasteiger partial charge is 0.486 e. The van der Waals surface area contributed by atoms with Crippen LogP contribution in [0.15, 0.2) is 18.2 Å². The molecule has 0 aromatic heterocycles. The Labute approximate surface area is 129 Å². The fourth-order valence-corrected chi connectivity index (χ4v) is 2.92. The summed E-state index contributed by atoms with van der Waals surface area (Å²) in [6.07, 6.45) is 1.61. The van der Waals surface area contributed by atoms with E-state index in [4.69, 9.17) is 9.47 Å². The second-order valence-electron chi connectivity index (χ2n) is 5.57. The molecule has 118 valence electrons. The van der Waals surface area contributed by atoms with Gasteiger partial charge in [0.15, 0.2) is 11.5 Å². The van der Waals surface area contributed by atoms with Crippen molar-refractivity contribution < 1.29 is 19.1 Å². The molecule has 2 heterocycles. The third kappa shape index (κ3) is 3.00. The topological polar surface area (TPSA) is 67.9 Å². The van der Waals surface area contributed by atoms with E-state index in [-0.39, 0.29) is 17.9 Å². The summed E-state index contributed by atoms with van der Waals surface area (Å²) in [5.41, 5.74) is 0.949. The van der Waals surface area contributed by atoms with Gasteiger partial charge in [0.1, 0.15) is 19.3 Å². The van der Waals surface area contributed by atoms with Crippen molar-refractivity contribution in [2.75, 3.05) is 19.8 Å². The molecule has 0 spiro atoms. The molecular formula is C16H20N2O4. The number of carbonyl (C=O) groups is 2. The minimum Gasteiger partial charge on any atom is -0.486 e. The first kappa shape index (κ1) is 14.7. The third-order valence-electron chi connectivity index (χ3n) is 4.03. The third-order valence-corrected chi connectivity index (χ3v) is 4.03. The molecule has 1 N–H and O–H groups in total. The second-order valence-corrected chi connectivity index (χ2v) is 5.57. The first-order chi connectivity index (χ1) is 10.6. The molecular weight excluding hydrogens is 284 g/mol. The quantitative estimate of drug-likeness (QED) is 0.907. The Morgan fingerprint density at radius 3 is 2.82 bits per heavy atom. The molecule has 3 rings (SSSR count). The summed E-state index contributed by atoms with van der Waals surface area (Å²) < 4.78 is 11.0. The Morgan fingerprint density at radius 2 is 2.05 bits per heavy atom. The van der Waals surface area contributed by atoms with Crippen molar-refractivity contribution in [2.24, 2.45) is 0 Å². The minimum atomic E-state index is -0.338. The molecule has 2 aliphatic rings. The molecule has 6 heteroatoms. The Balaban J connectivity index is 1.60. The van der Waals surface area contributed by atoms with Gasteiger partial charge in [0.2, 0.25) is 11.8 Å². The first-order valence-electron chi connectivity index (χ1n) is 7.58. The fourth-order valence-electron chi connectivity index (χ4n) is 2.92. The molecule has 6 nitrogen and oxygen atoms in total. The molecule has 0 aliphatic carbocycles. The van der Waals surface area contributed by atoms with Gasteiger partial charge < -0.3 is 19.7 Å². The van der Waals surface area contributed by atoms with Gasteiger partial charge in [0.25, 0.3) is 0 Å². The van der Waals surface area contributed by atoms with E-state index in [9.17, 15) is 9.59 Å². The maximum Gasteiger partial charge on any atom is 0.243 e. The summed E-state index contributed by atoms with van der Waals surface area (Å²) in [4.78, 5) is 25.4. The van der Waals surface area contributed by atoms with Gasteiger partial charge in [-0.3, -0.25) is 9.59 Å². The van der Waals surface area contributed by atoms with Crippen LogP contribution in [0.5, 0.6) is 11.5 Å². The summed E-state index contributed by atoms with van der Waals surface area (Å²) in [5.74, 6) is 1.31. The number of nitrogens with zero attached hydrogens (tertiary/aromatic N) is 1. The Hall–Kier alpha value is -2.24. The maximum absolute atomic E-state index is 12.3. The number of likely N-dealkylation sites (tertiary alicyclic amines) is 1. The molecule has 2 amide bonds. The van der Waals surface area contributed by atoms with Crippen LogP contribution in [0.3, 0.4) is 0 Å². The molecule has 1 saturated heterocycles. The summed E-state index contributed by atoms with van der Waals surface area (Å²) in [7, 11) is 0. The van der Waals surface area contributed by atoms with E-state index in [1.54, 1.807) is 4.90 Å². The van der Waals surface area contributed by atoms with Crippen LogP contribution in [0, 0.1) is 0 Å². The van der Waals surface area contributed by atoms with Crippen LogP contribution >= 0.6 is 0 Å². The SMILES string of the molecule is CC(=O)N1CCC[C@@H]1C(=O)NCc1ccc2c(c1)OCCO2. The van der Waals surface area contributed by atoms with Crippen LogP contribution in [0.25, 0.3) is 0 Å². The number of hydrogen-bond donors (Lipinski definition) is 1. The van der Waals surface area contributed by atoms with Crippen LogP contribution in [-0.2, 0) is 16.1 Å². The van der Waals surface area contributed by atoms with Gasteiger partial charge in [-0.25, -0.2) is 0 Å². The highest BCUT2D eigenvalue weighted by Crippen LogP contribution is 2.30. The number of fused-ring (bicyclic) bond motifs is 1. The Bertz CT molecular complexity index is 588. The number of nitrogens with one attached hydrogen (secondary N) is 1. The highest BCUT2D eigenvalue weighted by Gasteiger charge is 2.32. The van der Waals surface area contributed by atoms with Crippen LogP contribution in [0.4, 0.5) is 0 Å². The zero-order valence-electron chi connectivity index (χ0n) is 12.6. The molecule has 0 radical (unpaired) electrons. The van der Waals surface area contributed by atoms with Gasteiger partial charge in [-0.15, -0.1) is 0 Å². The molecule has 0 unspecified atom stereocenters. The van der Waals surface area contributed by atoms with Crippen LogP contribution in [0.1, 0.15) is 25.3 Å². The average Bonchev–Trinajstić information content (AvgIpc) is 3.02. The lowest BCUT2D eigenvalue weighted by Crippen LogP contribution is -2.44. The standard InChI is InChI=1S/C16H20N2O4/c1-11(19)18-6-2-3-13(18)16(20)17-10-12-4-5-14-15(9-12)22-8-7-21-14/h4-5,9,13H,2-3,6-8,10H2,1H3,(H,17,20)/t13-/m1/s1. The van der Waals surface area contributed by atoms with Crippen molar-refractivity contribution in [1.29, 1.82) is 0 Å². The van der Waals surface area contributed by atoms with Gasteiger partial charge in [0.05, 0.1) is 0 Å². The monoisotopic (exact) mass is 304 g/mol. The molecule has 1 atom stereocenters. The lowest BCUT2D eigenvalue weighted by molar-refractivity contribution is -0.136. The fraction of sp³-hybridized carbons (Fsp3) is 0.500. The number of rotatable bonds is 3. The van der Waals surface area contributed by atoms with E-state index in [1.165, 1.54) is 6.92 Å². The molecule has 1 fully saturated rings. The van der Waals surface area contributed by atoms with Crippen molar-refractivity contribution in [3.05, 3.63) is 23.8 Å². The van der Waals surface area contributed by atoms with E-state index in [0.717, 1.165) is 24.2 Å². The Morgan fingerprint density at radius 1 is 1.27 bits per heavy atom. The summed E-state index contributed by atoms with van der Waals surface area (Å²) in [6, 6.07) is 5.31. The molecule has 0 saturated carbocycles. The van der Waals surface area contributed by atoms with Gasteiger partial charge in [-0.2, -0.15) is 0 Å². The van der Waals surface area contributed by atoms with Gasteiger partial charge in [-0.05, 0) is 30.5 Å². The molecule has 2 aliphatic heterocycles. The van der Waals surface area contributed by atoms with Crippen molar-refractivity contribution in [3.63, 3.8) is 0 Å². The van der Waals surface area contributed by atoms with Gasteiger partial charge in [-0.1, -0.05) is 6.07 Å². The zero-order valence-corrected chi connectivity index (χ0v) is 12.6. The number of hydrogen-bond acceptors (Lipinski definition) is 4. The van der Waals surface area contributed by atoms with E-state index < -0.39 is 0 Å². The molecule has 22 heavy (non-hydrogen) atoms. The molecule has 1 aromatic rings. The number of ether oxygens (including phenoxy) is 2. The van der Waals surface area contributed by atoms with Crippen LogP contribution in [0.2, 0.25) is 0 Å². The molecule has 1 aromatic carbocycles. The highest BCUT2D eigenvalue weighted by atomic mass is 16.6. The predicted octanol–water partition coefficient (Wildman–Crippen LogP) is 1.08. The highest BCUT2D eigenvalue weighted by molar-refractivity contribution is 5.87. The summed E-state index contributed by atoms with van der Waals surface area (Å²) in [5, 5.41) is 2.90. The van der Waals surface area contributed by atoms with E-state index in [0.29, 0.717) is 32.1 Å². The number of amides is 2. The normalized spacial score (nSPS) is 19.9. The zero-order chi connectivity index (χ0) is 15.5. The number of benzene rings is 1. The predicted molar refractivity (Wildman–Crippen MR) is 79.7 cm³/mol. The van der Waals surface area contributed by atoms with E-state index in [2.05, 4.69) is 5.32 Å². The second kappa shape index (κ2) is 6.25. The maximum atomic E-state index is 12.3. The summed E-state index contributed by atoms with van der Waals surface area (Å²) >= 11 is 0. The lowest BCUT2D eigenvalue weighted by atomic mass is 10.1. The van der Waals surface area contributed by atoms with Crippen molar-refractivity contribution in [1.82, 2.24) is 10.2 Å². The smallest absolute Gasteiger partial charge is 0.243 e. The van der Waals surface area contributed by atoms with Crippen LogP contribution in [-0.4, -0.2) is 42.5 Å². The van der Waals surface area contributed by atoms with Crippen molar-refractivity contribution >= 4 is 11.8 Å². The number of carbonyl (C=O) groups excluding carboxylic acids is 2. The van der Waals surface area contributed by atoms with E-state index >= 15 is 0 Å². The van der Waals surface area contributed by atoms with E-state index in [1.807, 2.05) is 18.2 Å². The average molecular weight is 304 g/mol.